The zero-order valence-electron chi connectivity index (χ0n) is 16.4. The zero-order valence-corrected chi connectivity index (χ0v) is 16.4. The van der Waals surface area contributed by atoms with Crippen LogP contribution in [-0.2, 0) is 16.5 Å². The number of rotatable bonds is 3. The topological polar surface area (TPSA) is 43.7 Å². The van der Waals surface area contributed by atoms with Crippen LogP contribution in [0.25, 0.3) is 21.8 Å². The minimum atomic E-state index is -0.269. The molecular weight excluding hydrogens is 340 g/mol. The molecule has 3 aromatic rings. The number of anilines is 1. The van der Waals surface area contributed by atoms with E-state index in [1.165, 1.54) is 0 Å². The molecular formula is C22H26N2O3. The molecule has 0 bridgehead atoms. The van der Waals surface area contributed by atoms with Crippen molar-refractivity contribution in [3.05, 3.63) is 42.0 Å². The third-order valence-corrected chi connectivity index (χ3v) is 5.29. The van der Waals surface area contributed by atoms with Crippen LogP contribution in [0.5, 0.6) is 0 Å². The van der Waals surface area contributed by atoms with E-state index in [9.17, 15) is 4.79 Å². The summed E-state index contributed by atoms with van der Waals surface area (Å²) in [5.74, 6) is -0.269. The van der Waals surface area contributed by atoms with Crippen molar-refractivity contribution < 1.29 is 14.3 Å². The first kappa shape index (κ1) is 17.9. The van der Waals surface area contributed by atoms with Crippen molar-refractivity contribution in [2.45, 2.75) is 33.0 Å². The average Bonchev–Trinajstić information content (AvgIpc) is 2.92. The van der Waals surface area contributed by atoms with E-state index in [0.717, 1.165) is 40.6 Å². The highest BCUT2D eigenvalue weighted by Crippen LogP contribution is 2.35. The third-order valence-electron chi connectivity index (χ3n) is 5.29. The van der Waals surface area contributed by atoms with Gasteiger partial charge in [-0.25, -0.2) is 4.79 Å². The fourth-order valence-electron chi connectivity index (χ4n) is 4.20. The molecule has 0 N–H and O–H groups in total. The van der Waals surface area contributed by atoms with Gasteiger partial charge in [0, 0.05) is 36.4 Å². The van der Waals surface area contributed by atoms with E-state index >= 15 is 0 Å². The number of carbonyl (C=O) groups is 1. The lowest BCUT2D eigenvalue weighted by Crippen LogP contribution is -2.46. The first-order valence-corrected chi connectivity index (χ1v) is 9.58. The predicted octanol–water partition coefficient (Wildman–Crippen LogP) is 4.12. The van der Waals surface area contributed by atoms with Crippen molar-refractivity contribution in [2.24, 2.45) is 7.05 Å². The summed E-state index contributed by atoms with van der Waals surface area (Å²) in [6.45, 7) is 7.86. The molecule has 1 fully saturated rings. The highest BCUT2D eigenvalue weighted by Gasteiger charge is 2.27. The second-order valence-corrected chi connectivity index (χ2v) is 7.35. The zero-order chi connectivity index (χ0) is 19.1. The lowest BCUT2D eigenvalue weighted by atomic mass is 10.0. The second kappa shape index (κ2) is 6.89. The Balaban J connectivity index is 1.95. The molecule has 0 unspecified atom stereocenters. The average molecular weight is 366 g/mol. The number of aromatic nitrogens is 1. The molecule has 1 aliphatic heterocycles. The monoisotopic (exact) mass is 366 g/mol. The molecule has 27 heavy (non-hydrogen) atoms. The van der Waals surface area contributed by atoms with Crippen LogP contribution in [0, 0.1) is 0 Å². The van der Waals surface area contributed by atoms with Crippen molar-refractivity contribution in [1.82, 2.24) is 4.57 Å². The Morgan fingerprint density at radius 2 is 1.81 bits per heavy atom. The van der Waals surface area contributed by atoms with Gasteiger partial charge in [-0.15, -0.1) is 0 Å². The molecule has 1 saturated heterocycles. The largest absolute Gasteiger partial charge is 0.462 e. The highest BCUT2D eigenvalue weighted by atomic mass is 16.5. The van der Waals surface area contributed by atoms with E-state index < -0.39 is 0 Å². The van der Waals surface area contributed by atoms with Gasteiger partial charge in [0.05, 0.1) is 35.6 Å². The van der Waals surface area contributed by atoms with E-state index in [0.29, 0.717) is 12.2 Å². The van der Waals surface area contributed by atoms with E-state index in [-0.39, 0.29) is 18.2 Å². The quantitative estimate of drug-likeness (QED) is 0.654. The number of esters is 1. The summed E-state index contributed by atoms with van der Waals surface area (Å²) in [6.07, 6.45) is 0.235. The molecule has 1 aliphatic rings. The normalized spacial score (nSPS) is 20.4. The summed E-state index contributed by atoms with van der Waals surface area (Å²) in [5.41, 5.74) is 3.82. The van der Waals surface area contributed by atoms with E-state index in [1.807, 2.05) is 25.1 Å². The summed E-state index contributed by atoms with van der Waals surface area (Å²) in [6, 6.07) is 12.4. The Labute approximate surface area is 159 Å². The number of para-hydroxylation sites is 1. The van der Waals surface area contributed by atoms with Crippen molar-refractivity contribution in [3.63, 3.8) is 0 Å². The Kier molecular flexibility index (Phi) is 4.56. The summed E-state index contributed by atoms with van der Waals surface area (Å²) in [4.78, 5) is 15.0. The molecule has 0 amide bonds. The van der Waals surface area contributed by atoms with Gasteiger partial charge in [-0.05, 0) is 39.0 Å². The lowest BCUT2D eigenvalue weighted by molar-refractivity contribution is -0.00534. The number of aryl methyl sites for hydroxylation is 1. The van der Waals surface area contributed by atoms with Crippen LogP contribution in [0.1, 0.15) is 31.1 Å². The van der Waals surface area contributed by atoms with E-state index in [4.69, 9.17) is 9.47 Å². The van der Waals surface area contributed by atoms with Crippen LogP contribution in [0.2, 0.25) is 0 Å². The van der Waals surface area contributed by atoms with Crippen molar-refractivity contribution in [3.8, 4) is 0 Å². The molecule has 142 valence electrons. The predicted molar refractivity (Wildman–Crippen MR) is 109 cm³/mol. The van der Waals surface area contributed by atoms with Crippen molar-refractivity contribution >= 4 is 33.5 Å². The number of morpholine rings is 1. The Morgan fingerprint density at radius 1 is 1.11 bits per heavy atom. The summed E-state index contributed by atoms with van der Waals surface area (Å²) in [5, 5.41) is 2.23. The minimum absolute atomic E-state index is 0.118. The van der Waals surface area contributed by atoms with Gasteiger partial charge >= 0.3 is 5.97 Å². The van der Waals surface area contributed by atoms with E-state index in [1.54, 1.807) is 0 Å². The van der Waals surface area contributed by atoms with Crippen LogP contribution in [0.15, 0.2) is 36.4 Å². The molecule has 0 spiro atoms. The minimum Gasteiger partial charge on any atom is -0.462 e. The number of hydrogen-bond acceptors (Lipinski definition) is 4. The van der Waals surface area contributed by atoms with E-state index in [2.05, 4.69) is 48.6 Å². The molecule has 5 heteroatoms. The Hall–Kier alpha value is -2.53. The first-order chi connectivity index (χ1) is 13.0. The van der Waals surface area contributed by atoms with Crippen molar-refractivity contribution in [2.75, 3.05) is 24.6 Å². The summed E-state index contributed by atoms with van der Waals surface area (Å²) < 4.78 is 13.4. The number of carbonyl (C=O) groups excluding carboxylic acids is 1. The lowest BCUT2D eigenvalue weighted by Gasteiger charge is -2.37. The van der Waals surface area contributed by atoms with Crippen LogP contribution in [0.4, 0.5) is 5.69 Å². The number of fused-ring (bicyclic) bond motifs is 3. The molecule has 2 aromatic carbocycles. The number of nitrogens with zero attached hydrogens (tertiary/aromatic N) is 2. The summed E-state index contributed by atoms with van der Waals surface area (Å²) in [7, 11) is 2.07. The SMILES string of the molecule is CCOC(=O)c1cc2c3ccccc3n(C)c2cc1N1C[C@@H](C)O[C@@H](C)C1. The highest BCUT2D eigenvalue weighted by molar-refractivity contribution is 6.12. The van der Waals surface area contributed by atoms with Gasteiger partial charge < -0.3 is 18.9 Å². The third kappa shape index (κ3) is 3.06. The van der Waals surface area contributed by atoms with Gasteiger partial charge in [0.2, 0.25) is 0 Å². The van der Waals surface area contributed by atoms with Gasteiger partial charge in [-0.3, -0.25) is 0 Å². The standard InChI is InChI=1S/C22H26N2O3/c1-5-26-22(25)18-10-17-16-8-6-7-9-19(16)23(4)20(17)11-21(18)24-12-14(2)27-15(3)13-24/h6-11,14-15H,5,12-13H2,1-4H3/t14-,15+. The molecule has 0 saturated carbocycles. The van der Waals surface area contributed by atoms with Gasteiger partial charge in [0.25, 0.3) is 0 Å². The van der Waals surface area contributed by atoms with Crippen molar-refractivity contribution in [1.29, 1.82) is 0 Å². The number of benzene rings is 2. The van der Waals surface area contributed by atoms with Crippen LogP contribution in [0.3, 0.4) is 0 Å². The molecule has 2 heterocycles. The molecule has 0 aliphatic carbocycles. The van der Waals surface area contributed by atoms with Crippen LogP contribution < -0.4 is 4.90 Å². The maximum atomic E-state index is 12.8. The molecule has 1 aromatic heterocycles. The van der Waals surface area contributed by atoms with Crippen LogP contribution in [-0.4, -0.2) is 42.4 Å². The maximum Gasteiger partial charge on any atom is 0.340 e. The second-order valence-electron chi connectivity index (χ2n) is 7.35. The Bertz CT molecular complexity index is 998. The van der Waals surface area contributed by atoms with Gasteiger partial charge in [-0.1, -0.05) is 18.2 Å². The molecule has 4 rings (SSSR count). The number of hydrogen-bond donors (Lipinski definition) is 0. The molecule has 5 nitrogen and oxygen atoms in total. The van der Waals surface area contributed by atoms with Crippen LogP contribution >= 0.6 is 0 Å². The maximum absolute atomic E-state index is 12.8. The summed E-state index contributed by atoms with van der Waals surface area (Å²) >= 11 is 0. The first-order valence-electron chi connectivity index (χ1n) is 9.58. The van der Waals surface area contributed by atoms with Gasteiger partial charge in [0.1, 0.15) is 0 Å². The number of ether oxygens (including phenoxy) is 2. The van der Waals surface area contributed by atoms with Gasteiger partial charge in [-0.2, -0.15) is 0 Å². The fourth-order valence-corrected chi connectivity index (χ4v) is 4.20. The molecule has 2 atom stereocenters. The Morgan fingerprint density at radius 3 is 2.52 bits per heavy atom. The fraction of sp³-hybridized carbons (Fsp3) is 0.409. The smallest absolute Gasteiger partial charge is 0.340 e. The van der Waals surface area contributed by atoms with Gasteiger partial charge in [0.15, 0.2) is 0 Å². The molecule has 0 radical (unpaired) electrons.